The maximum absolute atomic E-state index is 12.3. The van der Waals surface area contributed by atoms with Crippen LogP contribution in [0.3, 0.4) is 0 Å². The van der Waals surface area contributed by atoms with E-state index in [9.17, 15) is 19.7 Å². The van der Waals surface area contributed by atoms with Crippen LogP contribution in [0.4, 0.5) is 11.4 Å². The summed E-state index contributed by atoms with van der Waals surface area (Å²) in [5.41, 5.74) is 3.35. The Morgan fingerprint density at radius 3 is 2.50 bits per heavy atom. The van der Waals surface area contributed by atoms with Gasteiger partial charge in [-0.25, -0.2) is 5.43 Å². The van der Waals surface area contributed by atoms with E-state index >= 15 is 0 Å². The standard InChI is InChI=1S/C24H21BrN4O7/c1-34-19-8-6-17(7-9-19)27-22(30)14-36-23-20(25)10-15(11-21(23)35-2)13-26-28-24(31)16-4-3-5-18(12-16)29(32)33/h3-13H,14H2,1-2H3,(H,27,30)(H,28,31)/b26-13+. The molecule has 12 heteroatoms. The highest BCUT2D eigenvalue weighted by molar-refractivity contribution is 9.10. The van der Waals surface area contributed by atoms with Crippen LogP contribution >= 0.6 is 15.9 Å². The molecule has 3 rings (SSSR count). The lowest BCUT2D eigenvalue weighted by Gasteiger charge is -2.13. The van der Waals surface area contributed by atoms with Gasteiger partial charge in [-0.1, -0.05) is 6.07 Å². The Kier molecular flexibility index (Phi) is 8.95. The Hall–Kier alpha value is -4.45. The van der Waals surface area contributed by atoms with Crippen molar-refractivity contribution in [3.63, 3.8) is 0 Å². The molecule has 0 radical (unpaired) electrons. The molecule has 186 valence electrons. The number of ether oxygens (including phenoxy) is 3. The normalized spacial score (nSPS) is 10.5. The van der Waals surface area contributed by atoms with Gasteiger partial charge in [-0.2, -0.15) is 5.10 Å². The van der Waals surface area contributed by atoms with Crippen LogP contribution in [0.5, 0.6) is 17.2 Å². The fraction of sp³-hybridized carbons (Fsp3) is 0.125. The van der Waals surface area contributed by atoms with Crippen LogP contribution in [-0.2, 0) is 4.79 Å². The van der Waals surface area contributed by atoms with Gasteiger partial charge in [-0.05, 0) is 64.0 Å². The molecule has 0 aliphatic carbocycles. The van der Waals surface area contributed by atoms with E-state index in [4.69, 9.17) is 14.2 Å². The predicted octanol–water partition coefficient (Wildman–Crippen LogP) is 4.16. The molecule has 0 unspecified atom stereocenters. The summed E-state index contributed by atoms with van der Waals surface area (Å²) in [5, 5.41) is 17.5. The molecule has 3 aromatic rings. The van der Waals surface area contributed by atoms with Crippen LogP contribution < -0.4 is 25.0 Å². The summed E-state index contributed by atoms with van der Waals surface area (Å²) in [7, 11) is 3.00. The number of carbonyl (C=O) groups is 2. The number of nitrogens with zero attached hydrogens (tertiary/aromatic N) is 2. The van der Waals surface area contributed by atoms with Crippen LogP contribution in [0.15, 0.2) is 70.2 Å². The summed E-state index contributed by atoms with van der Waals surface area (Å²) < 4.78 is 16.6. The van der Waals surface area contributed by atoms with Gasteiger partial charge in [0.05, 0.1) is 29.8 Å². The molecular weight excluding hydrogens is 536 g/mol. The summed E-state index contributed by atoms with van der Waals surface area (Å²) in [4.78, 5) is 34.8. The minimum absolute atomic E-state index is 0.0942. The maximum atomic E-state index is 12.3. The van der Waals surface area contributed by atoms with Crippen LogP contribution in [0.25, 0.3) is 0 Å². The molecule has 2 N–H and O–H groups in total. The fourth-order valence-corrected chi connectivity index (χ4v) is 3.53. The smallest absolute Gasteiger partial charge is 0.271 e. The molecule has 0 atom stereocenters. The van der Waals surface area contributed by atoms with Crippen LogP contribution in [0.1, 0.15) is 15.9 Å². The third kappa shape index (κ3) is 7.03. The molecule has 0 aromatic heterocycles. The zero-order valence-corrected chi connectivity index (χ0v) is 20.8. The van der Waals surface area contributed by atoms with Gasteiger partial charge in [0.25, 0.3) is 17.5 Å². The van der Waals surface area contributed by atoms with Crippen molar-refractivity contribution >= 4 is 45.3 Å². The number of anilines is 1. The van der Waals surface area contributed by atoms with E-state index in [1.165, 1.54) is 31.5 Å². The average Bonchev–Trinajstić information content (AvgIpc) is 2.88. The molecule has 0 aliphatic rings. The summed E-state index contributed by atoms with van der Waals surface area (Å²) in [6.45, 7) is -0.270. The lowest BCUT2D eigenvalue weighted by atomic mass is 10.2. The van der Waals surface area contributed by atoms with Gasteiger partial charge in [-0.3, -0.25) is 19.7 Å². The first-order valence-corrected chi connectivity index (χ1v) is 11.1. The number of carbonyl (C=O) groups excluding carboxylic acids is 2. The highest BCUT2D eigenvalue weighted by Crippen LogP contribution is 2.36. The lowest BCUT2D eigenvalue weighted by Crippen LogP contribution is -2.20. The molecule has 36 heavy (non-hydrogen) atoms. The fourth-order valence-electron chi connectivity index (χ4n) is 2.95. The third-order valence-corrected chi connectivity index (χ3v) is 5.26. The van der Waals surface area contributed by atoms with Gasteiger partial charge in [0, 0.05) is 23.4 Å². The molecule has 0 heterocycles. The number of amides is 2. The minimum atomic E-state index is -0.608. The number of halogens is 1. The van der Waals surface area contributed by atoms with Crippen molar-refractivity contribution < 1.29 is 28.7 Å². The summed E-state index contributed by atoms with van der Waals surface area (Å²) in [5.74, 6) is 0.325. The quantitative estimate of drug-likeness (QED) is 0.217. The second-order valence-electron chi connectivity index (χ2n) is 7.11. The van der Waals surface area contributed by atoms with Crippen molar-refractivity contribution in [1.82, 2.24) is 5.43 Å². The molecule has 0 saturated heterocycles. The zero-order chi connectivity index (χ0) is 26.1. The van der Waals surface area contributed by atoms with E-state index in [-0.39, 0.29) is 23.8 Å². The highest BCUT2D eigenvalue weighted by Gasteiger charge is 2.14. The Labute approximate surface area is 214 Å². The monoisotopic (exact) mass is 556 g/mol. The average molecular weight is 557 g/mol. The lowest BCUT2D eigenvalue weighted by molar-refractivity contribution is -0.384. The molecule has 3 aromatic carbocycles. The molecule has 2 amide bonds. The first-order chi connectivity index (χ1) is 17.3. The highest BCUT2D eigenvalue weighted by atomic mass is 79.9. The van der Waals surface area contributed by atoms with Gasteiger partial charge >= 0.3 is 0 Å². The zero-order valence-electron chi connectivity index (χ0n) is 19.2. The SMILES string of the molecule is COc1ccc(NC(=O)COc2c(Br)cc(/C=N/NC(=O)c3cccc([N+](=O)[O-])c3)cc2OC)cc1. The molecular formula is C24H21BrN4O7. The number of hydrogen-bond acceptors (Lipinski definition) is 8. The largest absolute Gasteiger partial charge is 0.497 e. The summed E-state index contributed by atoms with van der Waals surface area (Å²) >= 11 is 3.39. The second-order valence-corrected chi connectivity index (χ2v) is 7.96. The van der Waals surface area contributed by atoms with Crippen molar-refractivity contribution in [2.24, 2.45) is 5.10 Å². The number of methoxy groups -OCH3 is 2. The molecule has 0 bridgehead atoms. The van der Waals surface area contributed by atoms with E-state index < -0.39 is 10.8 Å². The van der Waals surface area contributed by atoms with E-state index in [1.54, 1.807) is 43.5 Å². The van der Waals surface area contributed by atoms with Gasteiger partial charge in [0.2, 0.25) is 0 Å². The predicted molar refractivity (Wildman–Crippen MR) is 136 cm³/mol. The minimum Gasteiger partial charge on any atom is -0.497 e. The Morgan fingerprint density at radius 2 is 1.83 bits per heavy atom. The van der Waals surface area contributed by atoms with E-state index in [0.717, 1.165) is 6.07 Å². The van der Waals surface area contributed by atoms with Gasteiger partial charge in [0.15, 0.2) is 18.1 Å². The Bertz CT molecular complexity index is 1300. The van der Waals surface area contributed by atoms with Crippen LogP contribution in [0.2, 0.25) is 0 Å². The number of nitro benzene ring substituents is 1. The number of benzene rings is 3. The summed E-state index contributed by atoms with van der Waals surface area (Å²) in [6, 6.07) is 15.4. The summed E-state index contributed by atoms with van der Waals surface area (Å²) in [6.07, 6.45) is 1.36. The van der Waals surface area contributed by atoms with Crippen molar-refractivity contribution in [1.29, 1.82) is 0 Å². The van der Waals surface area contributed by atoms with Crippen LogP contribution in [-0.4, -0.2) is 43.8 Å². The van der Waals surface area contributed by atoms with E-state index in [1.807, 2.05) is 0 Å². The van der Waals surface area contributed by atoms with E-state index in [0.29, 0.717) is 33.0 Å². The number of hydrogen-bond donors (Lipinski definition) is 2. The van der Waals surface area contributed by atoms with Gasteiger partial charge < -0.3 is 19.5 Å². The molecule has 0 spiro atoms. The van der Waals surface area contributed by atoms with Crippen LogP contribution in [0, 0.1) is 10.1 Å². The van der Waals surface area contributed by atoms with Crippen molar-refractivity contribution in [3.05, 3.63) is 86.4 Å². The maximum Gasteiger partial charge on any atom is 0.271 e. The molecule has 0 saturated carbocycles. The van der Waals surface area contributed by atoms with Crippen molar-refractivity contribution in [2.75, 3.05) is 26.1 Å². The second kappa shape index (κ2) is 12.3. The number of nitrogens with one attached hydrogen (secondary N) is 2. The first-order valence-electron chi connectivity index (χ1n) is 10.3. The molecule has 0 aliphatic heterocycles. The number of non-ortho nitro benzene ring substituents is 1. The number of hydrazone groups is 1. The first kappa shape index (κ1) is 26.2. The Balaban J connectivity index is 1.62. The Morgan fingerprint density at radius 1 is 1.08 bits per heavy atom. The molecule has 0 fully saturated rings. The molecule has 11 nitrogen and oxygen atoms in total. The van der Waals surface area contributed by atoms with Gasteiger partial charge in [0.1, 0.15) is 5.75 Å². The van der Waals surface area contributed by atoms with Crippen molar-refractivity contribution in [3.8, 4) is 17.2 Å². The number of rotatable bonds is 10. The van der Waals surface area contributed by atoms with E-state index in [2.05, 4.69) is 31.8 Å². The number of nitro groups is 1. The topological polar surface area (TPSA) is 141 Å². The van der Waals surface area contributed by atoms with Gasteiger partial charge in [-0.15, -0.1) is 0 Å². The third-order valence-electron chi connectivity index (χ3n) is 4.67. The van der Waals surface area contributed by atoms with Crippen molar-refractivity contribution in [2.45, 2.75) is 0 Å².